The van der Waals surface area contributed by atoms with E-state index in [1.54, 1.807) is 0 Å². The van der Waals surface area contributed by atoms with E-state index in [0.29, 0.717) is 11.8 Å². The van der Waals surface area contributed by atoms with Crippen LogP contribution in [0.25, 0.3) is 0 Å². The summed E-state index contributed by atoms with van der Waals surface area (Å²) in [6.45, 7) is 0. The summed E-state index contributed by atoms with van der Waals surface area (Å²) in [5.74, 6) is 0.00658. The third-order valence-electron chi connectivity index (χ3n) is 2.54. The Hall–Kier alpha value is -2.74. The summed E-state index contributed by atoms with van der Waals surface area (Å²) in [6.07, 6.45) is 0.610. The molecule has 0 saturated carbocycles. The highest BCUT2D eigenvalue weighted by atomic mass is 32.2. The zero-order valence-corrected chi connectivity index (χ0v) is 11.3. The van der Waals surface area contributed by atoms with Crippen LogP contribution >= 0.6 is 0 Å². The van der Waals surface area contributed by atoms with Crippen molar-refractivity contribution in [3.8, 4) is 5.75 Å². The van der Waals surface area contributed by atoms with Crippen LogP contribution in [0.15, 0.2) is 53.4 Å². The summed E-state index contributed by atoms with van der Waals surface area (Å²) in [5.41, 5.74) is 0.0195. The van der Waals surface area contributed by atoms with E-state index in [1.807, 2.05) is 0 Å². The van der Waals surface area contributed by atoms with Gasteiger partial charge in [0.25, 0.3) is 5.69 Å². The molecule has 0 atom stereocenters. The van der Waals surface area contributed by atoms with Gasteiger partial charge in [-0.25, -0.2) is 0 Å². The minimum absolute atomic E-state index is 0.00658. The first kappa shape index (κ1) is 14.7. The Bertz CT molecular complexity index is 783. The number of nitrogens with zero attached hydrogens (tertiary/aromatic N) is 1. The van der Waals surface area contributed by atoms with Crippen LogP contribution in [0.1, 0.15) is 10.4 Å². The van der Waals surface area contributed by atoms with Crippen molar-refractivity contribution < 1.29 is 22.3 Å². The molecule has 0 fully saturated rings. The van der Waals surface area contributed by atoms with Gasteiger partial charge >= 0.3 is 10.1 Å². The molecule has 0 saturated heterocycles. The molecule has 0 aromatic heterocycles. The molecule has 0 heterocycles. The van der Waals surface area contributed by atoms with E-state index < -0.39 is 15.0 Å². The topological polar surface area (TPSA) is 104 Å². The third-order valence-corrected chi connectivity index (χ3v) is 3.78. The molecule has 0 radical (unpaired) electrons. The van der Waals surface area contributed by atoms with Crippen molar-refractivity contribution in [2.75, 3.05) is 0 Å². The van der Waals surface area contributed by atoms with Gasteiger partial charge in [0.15, 0.2) is 0 Å². The maximum atomic E-state index is 12.0. The van der Waals surface area contributed by atoms with Crippen LogP contribution in [0, 0.1) is 10.1 Å². The van der Waals surface area contributed by atoms with Gasteiger partial charge < -0.3 is 4.18 Å². The van der Waals surface area contributed by atoms with Gasteiger partial charge in [0.05, 0.1) is 4.92 Å². The number of nitro benzene ring substituents is 1. The number of non-ortho nitro benzene ring substituents is 1. The quantitative estimate of drug-likeness (QED) is 0.363. The number of nitro groups is 1. The lowest BCUT2D eigenvalue weighted by molar-refractivity contribution is -0.385. The molecular weight excluding hydrogens is 298 g/mol. The van der Waals surface area contributed by atoms with Gasteiger partial charge in [-0.3, -0.25) is 14.9 Å². The van der Waals surface area contributed by atoms with Crippen LogP contribution in [0.2, 0.25) is 0 Å². The number of rotatable bonds is 5. The van der Waals surface area contributed by atoms with E-state index in [0.717, 1.165) is 6.07 Å². The predicted octanol–water partition coefficient (Wildman–Crippen LogP) is 2.17. The Balaban J connectivity index is 2.31. The van der Waals surface area contributed by atoms with Crippen LogP contribution in [-0.2, 0) is 10.1 Å². The Morgan fingerprint density at radius 3 is 2.33 bits per heavy atom. The van der Waals surface area contributed by atoms with Crippen LogP contribution in [0.5, 0.6) is 5.75 Å². The van der Waals surface area contributed by atoms with Crippen molar-refractivity contribution in [1.29, 1.82) is 0 Å². The van der Waals surface area contributed by atoms with Crippen molar-refractivity contribution in [3.63, 3.8) is 0 Å². The molecule has 0 aliphatic carbocycles. The Morgan fingerprint density at radius 2 is 1.76 bits per heavy atom. The molecule has 108 valence electrons. The zero-order valence-electron chi connectivity index (χ0n) is 10.5. The second-order valence-corrected chi connectivity index (χ2v) is 5.53. The van der Waals surface area contributed by atoms with Gasteiger partial charge in [-0.15, -0.1) is 0 Å². The van der Waals surface area contributed by atoms with Crippen molar-refractivity contribution >= 4 is 22.1 Å². The fraction of sp³-hybridized carbons (Fsp3) is 0. The van der Waals surface area contributed by atoms with Crippen molar-refractivity contribution in [1.82, 2.24) is 0 Å². The van der Waals surface area contributed by atoms with Crippen LogP contribution in [0.4, 0.5) is 5.69 Å². The molecule has 0 bridgehead atoms. The molecule has 0 aliphatic heterocycles. The second-order valence-electron chi connectivity index (χ2n) is 3.98. The number of carbonyl (C=O) groups excluding carboxylic acids is 1. The Kier molecular flexibility index (Phi) is 3.99. The van der Waals surface area contributed by atoms with Gasteiger partial charge in [-0.1, -0.05) is 6.07 Å². The average molecular weight is 307 g/mol. The molecule has 0 spiro atoms. The fourth-order valence-electron chi connectivity index (χ4n) is 1.53. The summed E-state index contributed by atoms with van der Waals surface area (Å²) >= 11 is 0. The zero-order chi connectivity index (χ0) is 15.5. The van der Waals surface area contributed by atoms with E-state index in [4.69, 9.17) is 4.18 Å². The molecule has 2 aromatic carbocycles. The standard InChI is InChI=1S/C13H9NO6S/c15-9-10-4-6-12(7-5-10)20-21(18,19)13-3-1-2-11(8-13)14(16)17/h1-9H. The Labute approximate surface area is 120 Å². The molecule has 0 N–H and O–H groups in total. The number of hydrogen-bond acceptors (Lipinski definition) is 6. The normalized spacial score (nSPS) is 10.9. The smallest absolute Gasteiger partial charge is 0.339 e. The highest BCUT2D eigenvalue weighted by Crippen LogP contribution is 2.22. The largest absolute Gasteiger partial charge is 0.379 e. The summed E-state index contributed by atoms with van der Waals surface area (Å²) in [5, 5.41) is 10.6. The predicted molar refractivity (Wildman–Crippen MR) is 72.7 cm³/mol. The lowest BCUT2D eigenvalue weighted by Crippen LogP contribution is -2.10. The number of aldehydes is 1. The Morgan fingerprint density at radius 1 is 1.10 bits per heavy atom. The molecule has 2 rings (SSSR count). The molecular formula is C13H9NO6S. The minimum atomic E-state index is -4.18. The maximum absolute atomic E-state index is 12.0. The highest BCUT2D eigenvalue weighted by Gasteiger charge is 2.19. The molecule has 7 nitrogen and oxygen atoms in total. The van der Waals surface area contributed by atoms with Crippen molar-refractivity contribution in [3.05, 3.63) is 64.2 Å². The van der Waals surface area contributed by atoms with Crippen molar-refractivity contribution in [2.45, 2.75) is 4.90 Å². The SMILES string of the molecule is O=Cc1ccc(OS(=O)(=O)c2cccc([N+](=O)[O-])c2)cc1. The summed E-state index contributed by atoms with van der Waals surface area (Å²) < 4.78 is 28.9. The lowest BCUT2D eigenvalue weighted by Gasteiger charge is -2.06. The van der Waals surface area contributed by atoms with Gasteiger partial charge in [0.2, 0.25) is 0 Å². The average Bonchev–Trinajstić information content (AvgIpc) is 2.48. The first-order chi connectivity index (χ1) is 9.92. The number of hydrogen-bond donors (Lipinski definition) is 0. The molecule has 0 unspecified atom stereocenters. The van der Waals surface area contributed by atoms with Gasteiger partial charge in [-0.05, 0) is 30.3 Å². The van der Waals surface area contributed by atoms with E-state index in [9.17, 15) is 23.3 Å². The van der Waals surface area contributed by atoms with E-state index in [2.05, 4.69) is 0 Å². The highest BCUT2D eigenvalue weighted by molar-refractivity contribution is 7.87. The minimum Gasteiger partial charge on any atom is -0.379 e. The molecule has 0 amide bonds. The van der Waals surface area contributed by atoms with E-state index in [-0.39, 0.29) is 16.3 Å². The first-order valence-electron chi connectivity index (χ1n) is 5.66. The summed E-state index contributed by atoms with van der Waals surface area (Å²) in [7, 11) is -4.18. The van der Waals surface area contributed by atoms with Gasteiger partial charge in [0.1, 0.15) is 16.9 Å². The lowest BCUT2D eigenvalue weighted by atomic mass is 10.2. The van der Waals surface area contributed by atoms with Crippen molar-refractivity contribution in [2.24, 2.45) is 0 Å². The van der Waals surface area contributed by atoms with Gasteiger partial charge in [-0.2, -0.15) is 8.42 Å². The number of carbonyl (C=O) groups is 1. The fourth-order valence-corrected chi connectivity index (χ4v) is 2.50. The molecule has 21 heavy (non-hydrogen) atoms. The van der Waals surface area contributed by atoms with Crippen LogP contribution < -0.4 is 4.18 Å². The second kappa shape index (κ2) is 5.71. The monoisotopic (exact) mass is 307 g/mol. The summed E-state index contributed by atoms with van der Waals surface area (Å²) in [6, 6.07) is 9.97. The molecule has 8 heteroatoms. The molecule has 2 aromatic rings. The maximum Gasteiger partial charge on any atom is 0.339 e. The third kappa shape index (κ3) is 3.42. The van der Waals surface area contributed by atoms with E-state index >= 15 is 0 Å². The van der Waals surface area contributed by atoms with Gasteiger partial charge in [0, 0.05) is 17.7 Å². The summed E-state index contributed by atoms with van der Waals surface area (Å²) in [4.78, 5) is 20.1. The number of benzene rings is 2. The van der Waals surface area contributed by atoms with Crippen LogP contribution in [0.3, 0.4) is 0 Å². The van der Waals surface area contributed by atoms with E-state index in [1.165, 1.54) is 42.5 Å². The molecule has 0 aliphatic rings. The first-order valence-corrected chi connectivity index (χ1v) is 7.07. The van der Waals surface area contributed by atoms with Crippen LogP contribution in [-0.4, -0.2) is 19.6 Å².